The molecule has 43 heavy (non-hydrogen) atoms. The average Bonchev–Trinajstić information content (AvgIpc) is 3.14. The van der Waals surface area contributed by atoms with Crippen LogP contribution in [0.25, 0.3) is 0 Å². The van der Waals surface area contributed by atoms with E-state index in [1.54, 1.807) is 6.92 Å². The highest BCUT2D eigenvalue weighted by atomic mass is 19.4. The van der Waals surface area contributed by atoms with Crippen LogP contribution in [0.1, 0.15) is 88.3 Å². The van der Waals surface area contributed by atoms with Crippen molar-refractivity contribution >= 4 is 5.91 Å². The molecule has 0 radical (unpaired) electrons. The lowest BCUT2D eigenvalue weighted by Crippen LogP contribution is -2.72. The molecule has 0 bridgehead atoms. The van der Waals surface area contributed by atoms with Crippen LogP contribution in [-0.2, 0) is 15.7 Å². The van der Waals surface area contributed by atoms with Crippen LogP contribution >= 0.6 is 0 Å². The molecule has 1 amide bonds. The number of alkyl halides is 4. The smallest absolute Gasteiger partial charge is 0.378 e. The zero-order valence-electron chi connectivity index (χ0n) is 25.5. The van der Waals surface area contributed by atoms with Crippen molar-refractivity contribution < 1.29 is 27.1 Å². The minimum atomic E-state index is -4.41. The Kier molecular flexibility index (Phi) is 11.4. The highest BCUT2D eigenvalue weighted by Gasteiger charge is 2.46. The van der Waals surface area contributed by atoms with Crippen LogP contribution in [0.2, 0.25) is 0 Å². The molecule has 1 aromatic rings. The number of rotatable bonds is 6. The van der Waals surface area contributed by atoms with E-state index in [-0.39, 0.29) is 18.0 Å². The van der Waals surface area contributed by atoms with Gasteiger partial charge in [0.05, 0.1) is 43.8 Å². The molecule has 2 N–H and O–H groups in total. The number of carbonyl (C=O) groups is 1. The molecule has 4 aliphatic rings. The summed E-state index contributed by atoms with van der Waals surface area (Å²) in [5.41, 5.74) is 0.00451. The SMILES string of the molecule is CC(=O)N1CCC(CNC2C(F)C(N3CCOC[C@@H]3c3ccc(C(F)(F)F)cc3)NCN2C2CCCCCCCC2)CC1. The van der Waals surface area contributed by atoms with Gasteiger partial charge in [-0.15, -0.1) is 0 Å². The minimum Gasteiger partial charge on any atom is -0.378 e. The predicted molar refractivity (Wildman–Crippen MR) is 158 cm³/mol. The van der Waals surface area contributed by atoms with Crippen LogP contribution in [0.4, 0.5) is 17.6 Å². The molecule has 3 aliphatic heterocycles. The molecule has 3 unspecified atom stereocenters. The van der Waals surface area contributed by atoms with Gasteiger partial charge < -0.3 is 9.64 Å². The third-order valence-corrected chi connectivity index (χ3v) is 10.1. The van der Waals surface area contributed by atoms with Gasteiger partial charge in [0, 0.05) is 32.6 Å². The van der Waals surface area contributed by atoms with Gasteiger partial charge in [0.15, 0.2) is 6.17 Å². The fourth-order valence-corrected chi connectivity index (χ4v) is 7.47. The zero-order valence-corrected chi connectivity index (χ0v) is 25.5. The summed E-state index contributed by atoms with van der Waals surface area (Å²) in [5, 5.41) is 7.17. The highest BCUT2D eigenvalue weighted by molar-refractivity contribution is 5.73. The minimum absolute atomic E-state index is 0.107. The van der Waals surface area contributed by atoms with Gasteiger partial charge in [0.1, 0.15) is 0 Å². The van der Waals surface area contributed by atoms with Crippen LogP contribution in [0.15, 0.2) is 24.3 Å². The van der Waals surface area contributed by atoms with Crippen molar-refractivity contribution in [1.29, 1.82) is 0 Å². The number of piperidine rings is 1. The van der Waals surface area contributed by atoms with Crippen molar-refractivity contribution in [2.24, 2.45) is 5.92 Å². The lowest BCUT2D eigenvalue weighted by Gasteiger charge is -2.52. The number of halogens is 4. The van der Waals surface area contributed by atoms with Gasteiger partial charge in [-0.3, -0.25) is 25.2 Å². The number of carbonyl (C=O) groups excluding carboxylic acids is 1. The molecule has 1 saturated carbocycles. The largest absolute Gasteiger partial charge is 0.416 e. The Balaban J connectivity index is 1.33. The summed E-state index contributed by atoms with van der Waals surface area (Å²) in [5.74, 6) is 0.484. The molecule has 11 heteroatoms. The second kappa shape index (κ2) is 15.0. The Morgan fingerprint density at radius 1 is 0.953 bits per heavy atom. The van der Waals surface area contributed by atoms with Crippen molar-refractivity contribution in [2.45, 2.75) is 108 Å². The molecule has 4 atom stereocenters. The van der Waals surface area contributed by atoms with Crippen molar-refractivity contribution in [3.05, 3.63) is 35.4 Å². The first-order valence-electron chi connectivity index (χ1n) is 16.3. The number of ether oxygens (including phenoxy) is 1. The Hall–Kier alpha value is -1.79. The maximum atomic E-state index is 16.9. The second-order valence-electron chi connectivity index (χ2n) is 12.9. The first-order chi connectivity index (χ1) is 20.7. The lowest BCUT2D eigenvalue weighted by molar-refractivity contribution is -0.137. The fraction of sp³-hybridized carbons (Fsp3) is 0.781. The molecular weight excluding hydrogens is 562 g/mol. The van der Waals surface area contributed by atoms with Gasteiger partial charge in [-0.2, -0.15) is 13.2 Å². The molecule has 3 heterocycles. The molecule has 7 nitrogen and oxygen atoms in total. The monoisotopic (exact) mass is 611 g/mol. The third kappa shape index (κ3) is 8.28. The maximum Gasteiger partial charge on any atom is 0.416 e. The van der Waals surface area contributed by atoms with Crippen LogP contribution in [0.3, 0.4) is 0 Å². The molecule has 0 spiro atoms. The van der Waals surface area contributed by atoms with Gasteiger partial charge in [0.2, 0.25) is 5.91 Å². The lowest BCUT2D eigenvalue weighted by atomic mass is 9.95. The summed E-state index contributed by atoms with van der Waals surface area (Å²) in [6.45, 7) is 5.57. The Bertz CT molecular complexity index is 1010. The van der Waals surface area contributed by atoms with E-state index < -0.39 is 30.2 Å². The van der Waals surface area contributed by atoms with E-state index in [0.29, 0.717) is 44.5 Å². The van der Waals surface area contributed by atoms with Gasteiger partial charge in [0.25, 0.3) is 0 Å². The summed E-state index contributed by atoms with van der Waals surface area (Å²) in [4.78, 5) is 18.1. The van der Waals surface area contributed by atoms with Crippen molar-refractivity contribution in [3.8, 4) is 0 Å². The number of nitrogens with one attached hydrogen (secondary N) is 2. The van der Waals surface area contributed by atoms with Crippen molar-refractivity contribution in [2.75, 3.05) is 46.1 Å². The number of morpholine rings is 1. The molecule has 242 valence electrons. The molecule has 0 aromatic heterocycles. The predicted octanol–water partition coefficient (Wildman–Crippen LogP) is 5.28. The first-order valence-corrected chi connectivity index (χ1v) is 16.3. The molecular formula is C32H49F4N5O2. The van der Waals surface area contributed by atoms with Crippen LogP contribution in [0.5, 0.6) is 0 Å². The fourth-order valence-electron chi connectivity index (χ4n) is 7.47. The molecule has 3 saturated heterocycles. The summed E-state index contributed by atoms with van der Waals surface area (Å²) in [7, 11) is 0. The molecule has 4 fully saturated rings. The van der Waals surface area contributed by atoms with E-state index in [0.717, 1.165) is 63.7 Å². The topological polar surface area (TPSA) is 60.1 Å². The van der Waals surface area contributed by atoms with Crippen LogP contribution in [0, 0.1) is 5.92 Å². The van der Waals surface area contributed by atoms with Gasteiger partial charge in [-0.25, -0.2) is 4.39 Å². The Morgan fingerprint density at radius 3 is 2.23 bits per heavy atom. The normalized spacial score (nSPS) is 30.0. The van der Waals surface area contributed by atoms with Crippen LogP contribution in [-0.4, -0.2) is 91.2 Å². The Morgan fingerprint density at radius 2 is 1.60 bits per heavy atom. The number of likely N-dealkylation sites (tertiary alicyclic amines) is 1. The zero-order chi connectivity index (χ0) is 30.4. The van der Waals surface area contributed by atoms with Gasteiger partial charge in [-0.05, 0) is 55.8 Å². The highest BCUT2D eigenvalue weighted by Crippen LogP contribution is 2.34. The third-order valence-electron chi connectivity index (χ3n) is 10.1. The van der Waals surface area contributed by atoms with E-state index in [1.165, 1.54) is 37.8 Å². The number of hydrogen-bond donors (Lipinski definition) is 2. The van der Waals surface area contributed by atoms with Crippen molar-refractivity contribution in [1.82, 2.24) is 25.3 Å². The summed E-state index contributed by atoms with van der Waals surface area (Å²) >= 11 is 0. The van der Waals surface area contributed by atoms with E-state index in [1.807, 2.05) is 4.90 Å². The summed E-state index contributed by atoms with van der Waals surface area (Å²) in [6.07, 6.45) is 4.45. The number of hydrogen-bond acceptors (Lipinski definition) is 6. The second-order valence-corrected chi connectivity index (χ2v) is 12.9. The van der Waals surface area contributed by atoms with E-state index in [4.69, 9.17) is 4.74 Å². The number of benzene rings is 1. The quantitative estimate of drug-likeness (QED) is 0.427. The van der Waals surface area contributed by atoms with Crippen molar-refractivity contribution in [3.63, 3.8) is 0 Å². The Labute approximate surface area is 253 Å². The maximum absolute atomic E-state index is 16.9. The van der Waals surface area contributed by atoms with E-state index in [9.17, 15) is 18.0 Å². The van der Waals surface area contributed by atoms with Gasteiger partial charge >= 0.3 is 6.18 Å². The average molecular weight is 612 g/mol. The first kappa shape index (κ1) is 32.6. The summed E-state index contributed by atoms with van der Waals surface area (Å²) in [6, 6.07) is 5.14. The molecule has 1 aliphatic carbocycles. The summed E-state index contributed by atoms with van der Waals surface area (Å²) < 4.78 is 62.4. The number of nitrogens with zero attached hydrogens (tertiary/aromatic N) is 3. The van der Waals surface area contributed by atoms with Gasteiger partial charge in [-0.1, -0.05) is 50.7 Å². The standard InChI is InChI=1S/C32H49F4N5O2/c1-23(42)39-16-14-24(15-17-39)20-37-30-29(33)31(38-22-41(30)27-8-6-4-2-3-5-7-9-27)40-18-19-43-21-28(40)25-10-12-26(13-11-25)32(34,35)36/h10-13,24,27-31,37-38H,2-9,14-22H2,1H3/t28-,29?,30?,31?/m1/s1. The van der Waals surface area contributed by atoms with Crippen LogP contribution < -0.4 is 10.6 Å². The van der Waals surface area contributed by atoms with E-state index >= 15 is 4.39 Å². The molecule has 1 aromatic carbocycles. The molecule has 5 rings (SSSR count). The number of amides is 1. The van der Waals surface area contributed by atoms with E-state index in [2.05, 4.69) is 20.4 Å².